The number of phenols is 3. The highest BCUT2D eigenvalue weighted by atomic mass is 16.5. The number of aromatic hydroxyl groups is 3. The molecular formula is C57H61NO11. The van der Waals surface area contributed by atoms with Crippen molar-refractivity contribution in [1.29, 1.82) is 0 Å². The van der Waals surface area contributed by atoms with Crippen molar-refractivity contribution in [2.75, 3.05) is 34.0 Å². The lowest BCUT2D eigenvalue weighted by Crippen LogP contribution is -2.68. The predicted molar refractivity (Wildman–Crippen MR) is 260 cm³/mol. The summed E-state index contributed by atoms with van der Waals surface area (Å²) < 4.78 is 40.8. The van der Waals surface area contributed by atoms with E-state index in [1.807, 2.05) is 43.4 Å². The fraction of sp³-hybridized carbons (Fsp3) is 0.439. The molecular weight excluding hydrogens is 875 g/mol. The van der Waals surface area contributed by atoms with E-state index in [-0.39, 0.29) is 48.4 Å². The number of hydrogen-bond donors (Lipinski definition) is 6. The van der Waals surface area contributed by atoms with E-state index in [2.05, 4.69) is 29.3 Å². The maximum Gasteiger partial charge on any atom is 0.149 e. The van der Waals surface area contributed by atoms with Crippen LogP contribution in [0.25, 0.3) is 21.9 Å². The van der Waals surface area contributed by atoms with E-state index < -0.39 is 47.9 Å². The lowest BCUT2D eigenvalue weighted by atomic mass is 9.59. The number of phenolic OH excluding ortho intramolecular Hbond substituents is 3. The van der Waals surface area contributed by atoms with Crippen LogP contribution in [0.5, 0.6) is 40.2 Å². The van der Waals surface area contributed by atoms with Gasteiger partial charge in [0.2, 0.25) is 0 Å². The first-order valence-corrected chi connectivity index (χ1v) is 24.6. The lowest BCUT2D eigenvalue weighted by Gasteiger charge is -2.57. The summed E-state index contributed by atoms with van der Waals surface area (Å²) in [5, 5.41) is 62.1. The summed E-state index contributed by atoms with van der Waals surface area (Å²) in [6.07, 6.45) is 7.55. The van der Waals surface area contributed by atoms with Crippen LogP contribution in [-0.2, 0) is 15.9 Å². The number of hydrogen-bond acceptors (Lipinski definition) is 12. The van der Waals surface area contributed by atoms with Crippen LogP contribution in [0, 0.1) is 35.5 Å². The van der Waals surface area contributed by atoms with Gasteiger partial charge in [-0.05, 0) is 129 Å². The molecule has 2 saturated carbocycles. The van der Waals surface area contributed by atoms with Crippen molar-refractivity contribution in [2.45, 2.75) is 100.0 Å². The maximum absolute atomic E-state index is 13.2. The Morgan fingerprint density at radius 3 is 2.46 bits per heavy atom. The molecule has 3 heterocycles. The molecule has 0 saturated heterocycles. The van der Waals surface area contributed by atoms with Gasteiger partial charge in [0.15, 0.2) is 0 Å². The number of ether oxygens (including phenoxy) is 6. The highest BCUT2D eigenvalue weighted by molar-refractivity contribution is 5.96. The lowest BCUT2D eigenvalue weighted by molar-refractivity contribution is -0.190. The number of nitrogens with one attached hydrogen (secondary N) is 1. The molecule has 2 fully saturated rings. The van der Waals surface area contributed by atoms with Gasteiger partial charge in [-0.15, -0.1) is 0 Å². The smallest absolute Gasteiger partial charge is 0.149 e. The Labute approximate surface area is 402 Å². The summed E-state index contributed by atoms with van der Waals surface area (Å²) >= 11 is 0. The summed E-state index contributed by atoms with van der Waals surface area (Å²) in [5.41, 5.74) is 3.94. The molecule has 0 amide bonds. The third-order valence-corrected chi connectivity index (χ3v) is 15.9. The molecule has 4 bridgehead atoms. The van der Waals surface area contributed by atoms with Gasteiger partial charge in [0.05, 0.1) is 42.7 Å². The molecule has 12 nitrogen and oxygen atoms in total. The molecule has 5 aromatic carbocycles. The average Bonchev–Trinajstić information content (AvgIpc) is 3.85. The van der Waals surface area contributed by atoms with Gasteiger partial charge in [0.1, 0.15) is 53.0 Å². The van der Waals surface area contributed by atoms with Crippen molar-refractivity contribution in [2.24, 2.45) is 23.7 Å². The largest absolute Gasteiger partial charge is 0.508 e. The molecule has 0 radical (unpaired) electrons. The minimum absolute atomic E-state index is 0.0375. The second-order valence-corrected chi connectivity index (χ2v) is 19.9. The fourth-order valence-corrected chi connectivity index (χ4v) is 12.5. The highest BCUT2D eigenvalue weighted by Gasteiger charge is 2.58. The van der Waals surface area contributed by atoms with Gasteiger partial charge in [-0.3, -0.25) is 0 Å². The molecule has 6 N–H and O–H groups in total. The Hall–Kier alpha value is -5.94. The van der Waals surface area contributed by atoms with Crippen molar-refractivity contribution in [3.63, 3.8) is 0 Å². The normalized spacial score (nSPS) is 29.0. The van der Waals surface area contributed by atoms with Gasteiger partial charge in [0.25, 0.3) is 0 Å². The number of likely N-dealkylation sites (N-methyl/N-ethyl adjacent to an activating group) is 1. The van der Waals surface area contributed by atoms with Gasteiger partial charge >= 0.3 is 0 Å². The Morgan fingerprint density at radius 2 is 1.65 bits per heavy atom. The third-order valence-electron chi connectivity index (χ3n) is 15.9. The minimum Gasteiger partial charge on any atom is -0.508 e. The SMILES string of the molecule is CN[C@@]12CC#CCOc3cc4c(c5ccc(O)cc35)O[C@H](CCCOC)[C@@H]([C@H]3COc5c(Cc6cc(O)ccc6-c6cccc(O)c6)cc(OC6CCCC6)cc5[C@H]3O)[C@H]4O[C@@H]1[C@H]1C=C[C@@H]2C[C@H]1O. The van der Waals surface area contributed by atoms with Crippen molar-refractivity contribution in [1.82, 2.24) is 5.32 Å². The standard InChI is InChI=1S/C57H61NO11/c1-58-57-20-5-6-22-65-50-30-46-54(42-19-16-38(61)28-44(42)50)68-49(13-8-21-64-2)51(55(46)69-56(57)43-17-14-35(57)27-48(43)62)47-31-66-53-34(26-40(29-45(53)52(47)63)67-39-11-3-4-12-39)23-33-25-37(60)15-18-41(33)32-9-7-10-36(59)24-32/h7,9-10,14-19,24-26,28-30,35,39,43,47-49,51-52,55-56,58-63H,3-4,8,11-13,20-23,27,31H2,1-2H3/t35-,43+,47-,48-,49-,51-,52-,55+,56-,57-/m1/s1. The number of methoxy groups -OCH3 is 1. The van der Waals surface area contributed by atoms with Crippen molar-refractivity contribution in [3.05, 3.63) is 113 Å². The summed E-state index contributed by atoms with van der Waals surface area (Å²) in [6.45, 7) is 0.738. The number of fused-ring (bicyclic) bond motifs is 6. The molecule has 4 aliphatic carbocycles. The van der Waals surface area contributed by atoms with Gasteiger partial charge in [-0.1, -0.05) is 42.2 Å². The van der Waals surface area contributed by atoms with E-state index >= 15 is 0 Å². The minimum atomic E-state index is -1.07. The summed E-state index contributed by atoms with van der Waals surface area (Å²) in [4.78, 5) is 0. The molecule has 12 heteroatoms. The quantitative estimate of drug-likeness (QED) is 0.0424. The first-order chi connectivity index (χ1) is 33.6. The average molecular weight is 936 g/mol. The van der Waals surface area contributed by atoms with Gasteiger partial charge in [-0.25, -0.2) is 0 Å². The second-order valence-electron chi connectivity index (χ2n) is 19.9. The first kappa shape index (κ1) is 45.5. The van der Waals surface area contributed by atoms with E-state index in [0.717, 1.165) is 58.9 Å². The fourth-order valence-electron chi connectivity index (χ4n) is 12.5. The van der Waals surface area contributed by atoms with Crippen molar-refractivity contribution < 1.29 is 54.0 Å². The van der Waals surface area contributed by atoms with Crippen LogP contribution < -0.4 is 24.3 Å². The zero-order valence-corrected chi connectivity index (χ0v) is 39.1. The molecule has 3 aliphatic heterocycles. The Morgan fingerprint density at radius 1 is 0.826 bits per heavy atom. The van der Waals surface area contributed by atoms with E-state index in [9.17, 15) is 25.5 Å². The van der Waals surface area contributed by atoms with Crippen LogP contribution in [0.1, 0.15) is 85.8 Å². The van der Waals surface area contributed by atoms with Gasteiger partial charge < -0.3 is 59.3 Å². The summed E-state index contributed by atoms with van der Waals surface area (Å²) in [5.74, 6) is 7.84. The van der Waals surface area contributed by atoms with E-state index in [1.54, 1.807) is 49.6 Å². The van der Waals surface area contributed by atoms with Gasteiger partial charge in [0, 0.05) is 77.7 Å². The topological polar surface area (TPSA) is 169 Å². The molecule has 7 aliphatic rings. The molecule has 0 unspecified atom stereocenters. The second kappa shape index (κ2) is 18.8. The van der Waals surface area contributed by atoms with Crippen LogP contribution in [0.4, 0.5) is 0 Å². The number of benzene rings is 5. The monoisotopic (exact) mass is 935 g/mol. The summed E-state index contributed by atoms with van der Waals surface area (Å²) in [6, 6.07) is 23.4. The Balaban J connectivity index is 1.06. The third kappa shape index (κ3) is 8.32. The first-order valence-electron chi connectivity index (χ1n) is 24.6. The zero-order chi connectivity index (χ0) is 47.4. The molecule has 5 aromatic rings. The van der Waals surface area contributed by atoms with Crippen molar-refractivity contribution >= 4 is 10.8 Å². The molecule has 360 valence electrons. The molecule has 10 atom stereocenters. The van der Waals surface area contributed by atoms with Crippen LogP contribution in [-0.4, -0.2) is 89.5 Å². The van der Waals surface area contributed by atoms with E-state index in [1.165, 1.54) is 0 Å². The predicted octanol–water partition coefficient (Wildman–Crippen LogP) is 8.82. The maximum atomic E-state index is 13.2. The van der Waals surface area contributed by atoms with Gasteiger partial charge in [-0.2, -0.15) is 0 Å². The van der Waals surface area contributed by atoms with Crippen molar-refractivity contribution in [3.8, 4) is 63.2 Å². The zero-order valence-electron chi connectivity index (χ0n) is 39.1. The number of aliphatic hydroxyl groups excluding tert-OH is 2. The Kier molecular flexibility index (Phi) is 12.4. The van der Waals surface area contributed by atoms with Crippen LogP contribution in [0.2, 0.25) is 0 Å². The van der Waals surface area contributed by atoms with Crippen LogP contribution >= 0.6 is 0 Å². The summed E-state index contributed by atoms with van der Waals surface area (Å²) in [7, 11) is 3.63. The Bertz CT molecular complexity index is 2830. The van der Waals surface area contributed by atoms with E-state index in [4.69, 9.17) is 28.4 Å². The molecule has 0 aromatic heterocycles. The van der Waals surface area contributed by atoms with Crippen LogP contribution in [0.3, 0.4) is 0 Å². The highest BCUT2D eigenvalue weighted by Crippen LogP contribution is 2.57. The molecule has 0 spiro atoms. The molecule has 12 rings (SSSR count). The number of aliphatic hydroxyl groups is 2. The molecule has 69 heavy (non-hydrogen) atoms. The van der Waals surface area contributed by atoms with Crippen LogP contribution in [0.15, 0.2) is 91.0 Å². The number of rotatable bonds is 11. The van der Waals surface area contributed by atoms with E-state index in [0.29, 0.717) is 72.7 Å².